The summed E-state index contributed by atoms with van der Waals surface area (Å²) in [5.41, 5.74) is 4.65. The Balaban J connectivity index is 1.35. The van der Waals surface area contributed by atoms with Gasteiger partial charge in [0.2, 0.25) is 4.96 Å². The third kappa shape index (κ3) is 4.72. The molecule has 1 aliphatic rings. The Morgan fingerprint density at radius 1 is 1.23 bits per heavy atom. The van der Waals surface area contributed by atoms with E-state index in [4.69, 9.17) is 23.9 Å². The van der Waals surface area contributed by atoms with E-state index in [-0.39, 0.29) is 6.10 Å². The first-order chi connectivity index (χ1) is 17.1. The average Bonchev–Trinajstić information content (AvgIpc) is 3.59. The van der Waals surface area contributed by atoms with Crippen LogP contribution in [-0.4, -0.2) is 41.1 Å². The number of rotatable bonds is 8. The van der Waals surface area contributed by atoms with Crippen molar-refractivity contribution < 1.29 is 18.9 Å². The van der Waals surface area contributed by atoms with Gasteiger partial charge in [0.15, 0.2) is 0 Å². The second-order valence-electron chi connectivity index (χ2n) is 8.01. The van der Waals surface area contributed by atoms with Crippen molar-refractivity contribution >= 4 is 22.0 Å². The summed E-state index contributed by atoms with van der Waals surface area (Å²) >= 11 is 1.39. The first-order valence-corrected chi connectivity index (χ1v) is 12.1. The molecule has 8 nitrogen and oxygen atoms in total. The van der Waals surface area contributed by atoms with E-state index in [1.165, 1.54) is 11.3 Å². The van der Waals surface area contributed by atoms with Gasteiger partial charge in [-0.25, -0.2) is 9.50 Å². The van der Waals surface area contributed by atoms with Crippen LogP contribution in [0.2, 0.25) is 0 Å². The number of allylic oxidation sites excluding steroid dienone is 1. The number of aromatic nitrogens is 3. The van der Waals surface area contributed by atoms with E-state index in [9.17, 15) is 0 Å². The van der Waals surface area contributed by atoms with E-state index >= 15 is 0 Å². The van der Waals surface area contributed by atoms with Crippen LogP contribution in [0.25, 0.3) is 4.96 Å². The lowest BCUT2D eigenvalue weighted by atomic mass is 10.1. The zero-order valence-electron chi connectivity index (χ0n) is 20.0. The molecule has 1 atom stereocenters. The number of fused-ring (bicyclic) bond motifs is 2. The summed E-state index contributed by atoms with van der Waals surface area (Å²) in [5.74, 6) is 2.12. The van der Waals surface area contributed by atoms with Gasteiger partial charge in [-0.15, -0.1) is 5.10 Å². The Morgan fingerprint density at radius 2 is 2.06 bits per heavy atom. The summed E-state index contributed by atoms with van der Waals surface area (Å²) in [6.45, 7) is 4.29. The van der Waals surface area contributed by atoms with Gasteiger partial charge in [-0.2, -0.15) is 0 Å². The molecule has 0 N–H and O–H groups in total. The number of hydrogen-bond acceptors (Lipinski definition) is 8. The molecule has 0 amide bonds. The zero-order valence-corrected chi connectivity index (χ0v) is 20.8. The van der Waals surface area contributed by atoms with E-state index in [1.54, 1.807) is 18.7 Å². The van der Waals surface area contributed by atoms with E-state index < -0.39 is 0 Å². The number of imidazole rings is 1. The Morgan fingerprint density at radius 3 is 2.77 bits per heavy atom. The fraction of sp³-hybridized carbons (Fsp3) is 0.269. The Labute approximate surface area is 207 Å². The molecule has 0 spiro atoms. The average molecular weight is 491 g/mol. The third-order valence-electron chi connectivity index (χ3n) is 5.80. The van der Waals surface area contributed by atoms with Crippen LogP contribution in [0, 0.1) is 0 Å². The first kappa shape index (κ1) is 22.9. The minimum Gasteiger partial charge on any atom is -0.496 e. The molecular weight excluding hydrogens is 464 g/mol. The van der Waals surface area contributed by atoms with Crippen LogP contribution in [0.5, 0.6) is 22.4 Å². The van der Waals surface area contributed by atoms with Gasteiger partial charge < -0.3 is 18.9 Å². The third-order valence-corrected chi connectivity index (χ3v) is 6.68. The Bertz CT molecular complexity index is 1380. The van der Waals surface area contributed by atoms with E-state index in [1.807, 2.05) is 68.6 Å². The molecule has 0 aliphatic carbocycles. The molecule has 2 aromatic heterocycles. The van der Waals surface area contributed by atoms with Gasteiger partial charge >= 0.3 is 0 Å². The maximum Gasteiger partial charge on any atom is 0.294 e. The number of aliphatic imine (C=N–C) groups is 1. The van der Waals surface area contributed by atoms with Crippen molar-refractivity contribution in [3.8, 4) is 22.4 Å². The molecule has 1 aliphatic heterocycles. The largest absolute Gasteiger partial charge is 0.496 e. The number of benzene rings is 2. The molecule has 0 radical (unpaired) electrons. The molecule has 4 aromatic rings. The minimum atomic E-state index is -0.237. The van der Waals surface area contributed by atoms with E-state index in [0.717, 1.165) is 44.7 Å². The molecule has 9 heteroatoms. The monoisotopic (exact) mass is 490 g/mol. The van der Waals surface area contributed by atoms with Crippen molar-refractivity contribution in [1.82, 2.24) is 14.6 Å². The maximum absolute atomic E-state index is 6.25. The summed E-state index contributed by atoms with van der Waals surface area (Å²) in [6.07, 6.45) is 4.24. The van der Waals surface area contributed by atoms with Gasteiger partial charge in [-0.3, -0.25) is 4.99 Å². The molecule has 0 bridgehead atoms. The number of hydrogen-bond donors (Lipinski definition) is 0. The molecule has 2 aromatic carbocycles. The topological polar surface area (TPSA) is 79.5 Å². The summed E-state index contributed by atoms with van der Waals surface area (Å²) in [5, 5.41) is 4.92. The Hall–Kier alpha value is -3.85. The fourth-order valence-electron chi connectivity index (χ4n) is 3.92. The molecule has 3 heterocycles. The molecule has 180 valence electrons. The highest BCUT2D eigenvalue weighted by Gasteiger charge is 2.31. The predicted molar refractivity (Wildman–Crippen MR) is 135 cm³/mol. The number of nitrogens with zero attached hydrogens (tertiary/aromatic N) is 4. The van der Waals surface area contributed by atoms with Gasteiger partial charge in [-0.1, -0.05) is 36.4 Å². The first-order valence-electron chi connectivity index (χ1n) is 11.2. The van der Waals surface area contributed by atoms with Crippen LogP contribution in [0.15, 0.2) is 65.4 Å². The van der Waals surface area contributed by atoms with Gasteiger partial charge in [-0.05, 0) is 30.7 Å². The summed E-state index contributed by atoms with van der Waals surface area (Å²) in [4.78, 5) is 10.2. The van der Waals surface area contributed by atoms with Crippen molar-refractivity contribution in [3.63, 3.8) is 0 Å². The van der Waals surface area contributed by atoms with Gasteiger partial charge in [0, 0.05) is 29.8 Å². The van der Waals surface area contributed by atoms with Crippen molar-refractivity contribution in [2.75, 3.05) is 20.8 Å². The van der Waals surface area contributed by atoms with Crippen LogP contribution in [0.3, 0.4) is 0 Å². The maximum atomic E-state index is 6.25. The standard InChI is InChI=1S/C26H26N4O4S/c1-5-18(27-16(2)17-9-7-6-8-10-17)15-33-22-11-19(31-3)12-23-20(22)13-24(34-23)21-14-30-25(28-21)35-26(29-30)32-4/h5-12,14,24H,13,15H2,1-4H3/b18-5-,27-16?. The SMILES string of the molecule is C/C=C(/COc1cc(OC)cc2c1CC(c1cn3nc(OC)sc3n1)O2)N=C(C)c1ccccc1. The van der Waals surface area contributed by atoms with Gasteiger partial charge in [0.05, 0.1) is 26.1 Å². The lowest BCUT2D eigenvalue weighted by Crippen LogP contribution is -2.05. The van der Waals surface area contributed by atoms with Crippen LogP contribution < -0.4 is 18.9 Å². The quantitative estimate of drug-likeness (QED) is 0.313. The van der Waals surface area contributed by atoms with Crippen molar-refractivity contribution in [2.24, 2.45) is 4.99 Å². The van der Waals surface area contributed by atoms with Gasteiger partial charge in [0.25, 0.3) is 5.19 Å². The van der Waals surface area contributed by atoms with E-state index in [0.29, 0.717) is 24.0 Å². The molecule has 35 heavy (non-hydrogen) atoms. The van der Waals surface area contributed by atoms with Crippen LogP contribution in [0.4, 0.5) is 0 Å². The Kier molecular flexibility index (Phi) is 6.41. The van der Waals surface area contributed by atoms with Crippen LogP contribution >= 0.6 is 11.3 Å². The molecule has 0 saturated heterocycles. The lowest BCUT2D eigenvalue weighted by molar-refractivity contribution is 0.233. The zero-order chi connectivity index (χ0) is 24.4. The molecule has 1 unspecified atom stereocenters. The van der Waals surface area contributed by atoms with E-state index in [2.05, 4.69) is 10.1 Å². The minimum absolute atomic E-state index is 0.237. The molecule has 0 fully saturated rings. The van der Waals surface area contributed by atoms with Gasteiger partial charge in [0.1, 0.15) is 35.7 Å². The highest BCUT2D eigenvalue weighted by atomic mass is 32.1. The summed E-state index contributed by atoms with van der Waals surface area (Å²) in [6, 6.07) is 13.9. The number of methoxy groups -OCH3 is 2. The second kappa shape index (κ2) is 9.79. The van der Waals surface area contributed by atoms with Crippen LogP contribution in [-0.2, 0) is 6.42 Å². The molecule has 5 rings (SSSR count). The van der Waals surface area contributed by atoms with Crippen molar-refractivity contribution in [1.29, 1.82) is 0 Å². The predicted octanol–water partition coefficient (Wildman–Crippen LogP) is 5.28. The smallest absolute Gasteiger partial charge is 0.294 e. The molecular formula is C26H26N4O4S. The summed E-state index contributed by atoms with van der Waals surface area (Å²) < 4.78 is 24.9. The molecule has 0 saturated carbocycles. The van der Waals surface area contributed by atoms with Crippen molar-refractivity contribution in [2.45, 2.75) is 26.4 Å². The highest BCUT2D eigenvalue weighted by molar-refractivity contribution is 7.18. The number of ether oxygens (including phenoxy) is 4. The van der Waals surface area contributed by atoms with Crippen molar-refractivity contribution in [3.05, 3.63) is 77.3 Å². The lowest BCUT2D eigenvalue weighted by Gasteiger charge is -2.12. The fourth-order valence-corrected chi connectivity index (χ4v) is 4.63. The normalized spacial score (nSPS) is 15.7. The second-order valence-corrected chi connectivity index (χ2v) is 8.93. The highest BCUT2D eigenvalue weighted by Crippen LogP contribution is 2.44. The summed E-state index contributed by atoms with van der Waals surface area (Å²) in [7, 11) is 3.23. The van der Waals surface area contributed by atoms with Crippen LogP contribution in [0.1, 0.15) is 36.8 Å².